The van der Waals surface area contributed by atoms with E-state index in [1.807, 2.05) is 12.1 Å². The third-order valence-corrected chi connectivity index (χ3v) is 14.8. The molecule has 0 atom stereocenters. The van der Waals surface area contributed by atoms with Crippen LogP contribution < -0.4 is 4.90 Å². The zero-order valence-corrected chi connectivity index (χ0v) is 41.0. The zero-order valence-electron chi connectivity index (χ0n) is 41.0. The van der Waals surface area contributed by atoms with Gasteiger partial charge in [-0.15, -0.1) is 0 Å². The molecule has 2 aromatic heterocycles. The fourth-order valence-electron chi connectivity index (χ4n) is 11.0. The minimum atomic E-state index is 0.900. The number of anilines is 3. The average molecular weight is 957 g/mol. The third-order valence-electron chi connectivity index (χ3n) is 14.8. The van der Waals surface area contributed by atoms with Crippen molar-refractivity contribution in [2.75, 3.05) is 4.90 Å². The van der Waals surface area contributed by atoms with Crippen LogP contribution in [0.15, 0.2) is 296 Å². The third kappa shape index (κ3) is 8.14. The fraction of sp³-hybridized carbons (Fsp3) is 0. The quantitative estimate of drug-likeness (QED) is 0.136. The van der Waals surface area contributed by atoms with Crippen molar-refractivity contribution in [3.05, 3.63) is 291 Å². The molecule has 14 aromatic rings. The Bertz CT molecular complexity index is 4320. The van der Waals surface area contributed by atoms with Crippen molar-refractivity contribution in [3.8, 4) is 72.4 Å². The Morgan fingerprint density at radius 2 is 0.613 bits per heavy atom. The summed E-state index contributed by atoms with van der Waals surface area (Å²) < 4.78 is 8.65. The second kappa shape index (κ2) is 18.6. The van der Waals surface area contributed by atoms with E-state index in [2.05, 4.69) is 289 Å². The van der Waals surface area contributed by atoms with Crippen LogP contribution in [-0.4, -0.2) is 4.57 Å². The first-order chi connectivity index (χ1) is 37.1. The molecular formula is C72H48N2O. The van der Waals surface area contributed by atoms with Gasteiger partial charge < -0.3 is 13.9 Å². The molecule has 2 heterocycles. The van der Waals surface area contributed by atoms with Crippen LogP contribution in [-0.2, 0) is 0 Å². The maximum Gasteiger partial charge on any atom is 0.136 e. The topological polar surface area (TPSA) is 21.3 Å². The molecule has 0 fully saturated rings. The Morgan fingerprint density at radius 3 is 1.21 bits per heavy atom. The Kier molecular flexibility index (Phi) is 10.8. The van der Waals surface area contributed by atoms with E-state index in [-0.39, 0.29) is 0 Å². The first-order valence-corrected chi connectivity index (χ1v) is 25.6. The van der Waals surface area contributed by atoms with Crippen molar-refractivity contribution in [2.24, 2.45) is 0 Å². The molecule has 0 radical (unpaired) electrons. The summed E-state index contributed by atoms with van der Waals surface area (Å²) in [6, 6.07) is 105. The second-order valence-corrected chi connectivity index (χ2v) is 19.3. The predicted molar refractivity (Wildman–Crippen MR) is 315 cm³/mol. The number of benzene rings is 12. The molecule has 0 amide bonds. The minimum Gasteiger partial charge on any atom is -0.456 e. The average Bonchev–Trinajstić information content (AvgIpc) is 4.05. The Morgan fingerprint density at radius 1 is 0.227 bits per heavy atom. The molecule has 14 rings (SSSR count). The van der Waals surface area contributed by atoms with Crippen LogP contribution in [0.25, 0.3) is 116 Å². The SMILES string of the molecule is c1ccc(-c2ccc(-c3cccc(N(c4ccc(-c5ccc(-c6cccc(-n7c8ccccc8c8ccccc87)c6)cc5)cc4)c4ccc(-c5cccc(-c6ccc7c(c6)oc6ccccc67)c5)cc4)c3)cc2)cc1. The number of aromatic nitrogens is 1. The zero-order chi connectivity index (χ0) is 49.7. The van der Waals surface area contributed by atoms with Crippen LogP contribution in [0.5, 0.6) is 0 Å². The molecule has 0 aliphatic rings. The van der Waals surface area contributed by atoms with Gasteiger partial charge >= 0.3 is 0 Å². The first-order valence-electron chi connectivity index (χ1n) is 25.6. The maximum atomic E-state index is 6.27. The van der Waals surface area contributed by atoms with Crippen LogP contribution in [0.3, 0.4) is 0 Å². The van der Waals surface area contributed by atoms with E-state index in [9.17, 15) is 0 Å². The number of hydrogen-bond acceptors (Lipinski definition) is 2. The molecule has 352 valence electrons. The van der Waals surface area contributed by atoms with Gasteiger partial charge in [0.15, 0.2) is 0 Å². The summed E-state index contributed by atoms with van der Waals surface area (Å²) in [4.78, 5) is 2.36. The largest absolute Gasteiger partial charge is 0.456 e. The summed E-state index contributed by atoms with van der Waals surface area (Å²) in [6.07, 6.45) is 0. The van der Waals surface area contributed by atoms with Crippen molar-refractivity contribution >= 4 is 60.8 Å². The Labute approximate surface area is 436 Å². The number of nitrogens with zero attached hydrogens (tertiary/aromatic N) is 2. The molecule has 0 saturated carbocycles. The molecule has 0 saturated heterocycles. The van der Waals surface area contributed by atoms with Gasteiger partial charge in [0.05, 0.1) is 11.0 Å². The van der Waals surface area contributed by atoms with Gasteiger partial charge in [0.25, 0.3) is 0 Å². The fourth-order valence-corrected chi connectivity index (χ4v) is 11.0. The Balaban J connectivity index is 0.777. The van der Waals surface area contributed by atoms with E-state index in [1.165, 1.54) is 55.2 Å². The molecule has 12 aromatic carbocycles. The summed E-state index contributed by atoms with van der Waals surface area (Å²) in [5.74, 6) is 0. The van der Waals surface area contributed by atoms with E-state index in [4.69, 9.17) is 4.42 Å². The van der Waals surface area contributed by atoms with Crippen molar-refractivity contribution in [2.45, 2.75) is 0 Å². The highest BCUT2D eigenvalue weighted by Gasteiger charge is 2.17. The molecule has 75 heavy (non-hydrogen) atoms. The smallest absolute Gasteiger partial charge is 0.136 e. The maximum absolute atomic E-state index is 6.27. The lowest BCUT2D eigenvalue weighted by Gasteiger charge is -2.26. The molecule has 0 spiro atoms. The van der Waals surface area contributed by atoms with E-state index < -0.39 is 0 Å². The van der Waals surface area contributed by atoms with Gasteiger partial charge in [-0.2, -0.15) is 0 Å². The van der Waals surface area contributed by atoms with Crippen LogP contribution in [0, 0.1) is 0 Å². The molecule has 3 nitrogen and oxygen atoms in total. The summed E-state index contributed by atoms with van der Waals surface area (Å²) in [7, 11) is 0. The highest BCUT2D eigenvalue weighted by atomic mass is 16.3. The predicted octanol–water partition coefficient (Wildman–Crippen LogP) is 20.2. The van der Waals surface area contributed by atoms with Crippen LogP contribution in [0.4, 0.5) is 17.1 Å². The summed E-state index contributed by atoms with van der Waals surface area (Å²) in [6.45, 7) is 0. The van der Waals surface area contributed by atoms with Crippen LogP contribution >= 0.6 is 0 Å². The monoisotopic (exact) mass is 956 g/mol. The molecule has 0 unspecified atom stereocenters. The first kappa shape index (κ1) is 43.8. The molecule has 3 heteroatoms. The minimum absolute atomic E-state index is 0.900. The van der Waals surface area contributed by atoms with Crippen molar-refractivity contribution in [3.63, 3.8) is 0 Å². The van der Waals surface area contributed by atoms with Gasteiger partial charge in [0, 0.05) is 44.3 Å². The van der Waals surface area contributed by atoms with Gasteiger partial charge in [-0.25, -0.2) is 0 Å². The molecule has 0 N–H and O–H groups in total. The van der Waals surface area contributed by atoms with Crippen molar-refractivity contribution < 1.29 is 4.42 Å². The van der Waals surface area contributed by atoms with Crippen LogP contribution in [0.1, 0.15) is 0 Å². The number of rotatable bonds is 10. The Hall–Kier alpha value is -9.96. The normalized spacial score (nSPS) is 11.5. The van der Waals surface area contributed by atoms with Gasteiger partial charge in [0.2, 0.25) is 0 Å². The molecule has 0 aliphatic heterocycles. The molecule has 0 aliphatic carbocycles. The highest BCUT2D eigenvalue weighted by molar-refractivity contribution is 6.09. The van der Waals surface area contributed by atoms with Gasteiger partial charge in [0.1, 0.15) is 11.2 Å². The summed E-state index contributed by atoms with van der Waals surface area (Å²) in [5, 5.41) is 4.80. The number of para-hydroxylation sites is 3. The van der Waals surface area contributed by atoms with Crippen molar-refractivity contribution in [1.82, 2.24) is 4.57 Å². The lowest BCUT2D eigenvalue weighted by molar-refractivity contribution is 0.669. The van der Waals surface area contributed by atoms with Crippen LogP contribution in [0.2, 0.25) is 0 Å². The highest BCUT2D eigenvalue weighted by Crippen LogP contribution is 2.41. The van der Waals surface area contributed by atoms with E-state index in [0.29, 0.717) is 0 Å². The summed E-state index contributed by atoms with van der Waals surface area (Å²) >= 11 is 0. The van der Waals surface area contributed by atoms with E-state index in [0.717, 1.165) is 78.1 Å². The summed E-state index contributed by atoms with van der Waals surface area (Å²) in [5.41, 5.74) is 22.6. The molecule has 0 bridgehead atoms. The lowest BCUT2D eigenvalue weighted by atomic mass is 9.97. The second-order valence-electron chi connectivity index (χ2n) is 19.3. The van der Waals surface area contributed by atoms with Crippen molar-refractivity contribution in [1.29, 1.82) is 0 Å². The van der Waals surface area contributed by atoms with E-state index in [1.54, 1.807) is 0 Å². The molecular weight excluding hydrogens is 909 g/mol. The number of hydrogen-bond donors (Lipinski definition) is 0. The lowest BCUT2D eigenvalue weighted by Crippen LogP contribution is -2.10. The van der Waals surface area contributed by atoms with Gasteiger partial charge in [-0.3, -0.25) is 0 Å². The van der Waals surface area contributed by atoms with Gasteiger partial charge in [-0.1, -0.05) is 206 Å². The standard InChI is InChI=1S/C72H48N2O/c1-2-13-49(14-3-1)50-27-31-53(32-28-50)58-17-11-19-63(46-58)73(62-42-37-55(38-43-62)56-15-10-16-57(45-56)60-39-44-68-67-23-6-9-26-71(67)75-72(68)48-60)61-40-35-52(36-41-61)51-29-33-54(34-30-51)59-18-12-20-64(47-59)74-69-24-7-4-21-65(69)66-22-5-8-25-70(66)74/h1-48H. The number of fused-ring (bicyclic) bond motifs is 6. The van der Waals surface area contributed by atoms with Gasteiger partial charge in [-0.05, 0) is 152 Å². The van der Waals surface area contributed by atoms with E-state index >= 15 is 0 Å². The number of furan rings is 1.